The largest absolute Gasteiger partial charge is 0.507 e. The van der Waals surface area contributed by atoms with Crippen LogP contribution in [0.15, 0.2) is 63.0 Å². The molecule has 1 amide bonds. The number of carbonyl (C=O) groups is 2. The molecule has 0 aliphatic carbocycles. The van der Waals surface area contributed by atoms with Crippen molar-refractivity contribution >= 4 is 49.3 Å². The third-order valence-corrected chi connectivity index (χ3v) is 4.65. The highest BCUT2D eigenvalue weighted by atomic mass is 79.9. The molecule has 0 radical (unpaired) electrons. The molecule has 0 bridgehead atoms. The van der Waals surface area contributed by atoms with E-state index in [4.69, 9.17) is 0 Å². The Morgan fingerprint density at radius 3 is 2.00 bits per heavy atom. The Bertz CT molecular complexity index is 811. The van der Waals surface area contributed by atoms with Crippen molar-refractivity contribution in [1.82, 2.24) is 5.32 Å². The summed E-state index contributed by atoms with van der Waals surface area (Å²) in [5.41, 5.74) is 1.28. The third-order valence-electron chi connectivity index (χ3n) is 3.59. The molecule has 1 saturated heterocycles. The number of benzene rings is 2. The lowest BCUT2D eigenvalue weighted by Gasteiger charge is -2.13. The lowest BCUT2D eigenvalue weighted by Crippen LogP contribution is -2.21. The number of hydrogen-bond donors (Lipinski definition) is 2. The van der Waals surface area contributed by atoms with E-state index in [2.05, 4.69) is 37.2 Å². The number of nitrogens with one attached hydrogen (secondary N) is 1. The number of ketones is 1. The van der Waals surface area contributed by atoms with Crippen LogP contribution in [0.4, 0.5) is 0 Å². The molecule has 6 heteroatoms. The van der Waals surface area contributed by atoms with Crippen LogP contribution >= 0.6 is 31.9 Å². The Morgan fingerprint density at radius 1 is 0.913 bits per heavy atom. The number of hydrogen-bond acceptors (Lipinski definition) is 3. The van der Waals surface area contributed by atoms with Crippen molar-refractivity contribution in [2.24, 2.45) is 0 Å². The quantitative estimate of drug-likeness (QED) is 0.426. The maximum absolute atomic E-state index is 12.2. The zero-order chi connectivity index (χ0) is 16.6. The van der Waals surface area contributed by atoms with E-state index in [1.807, 2.05) is 12.1 Å². The molecule has 0 aromatic heterocycles. The molecule has 116 valence electrons. The van der Waals surface area contributed by atoms with Gasteiger partial charge in [0.1, 0.15) is 5.76 Å². The summed E-state index contributed by atoms with van der Waals surface area (Å²) < 4.78 is 1.75. The van der Waals surface area contributed by atoms with Gasteiger partial charge in [0.25, 0.3) is 11.7 Å². The summed E-state index contributed by atoms with van der Waals surface area (Å²) in [6.07, 6.45) is 0. The van der Waals surface area contributed by atoms with Crippen LogP contribution in [0, 0.1) is 0 Å². The van der Waals surface area contributed by atoms with E-state index in [0.29, 0.717) is 5.56 Å². The molecule has 0 saturated carbocycles. The highest BCUT2D eigenvalue weighted by molar-refractivity contribution is 9.10. The normalized spacial score (nSPS) is 19.7. The van der Waals surface area contributed by atoms with Crippen molar-refractivity contribution in [3.8, 4) is 0 Å². The average Bonchev–Trinajstić information content (AvgIpc) is 2.84. The summed E-state index contributed by atoms with van der Waals surface area (Å²) in [5.74, 6) is -1.61. The van der Waals surface area contributed by atoms with Gasteiger partial charge in [0, 0.05) is 14.5 Å². The highest BCUT2D eigenvalue weighted by Gasteiger charge is 2.39. The molecular weight excluding hydrogens is 426 g/mol. The molecule has 2 aromatic rings. The van der Waals surface area contributed by atoms with Gasteiger partial charge in [0.15, 0.2) is 0 Å². The highest BCUT2D eigenvalue weighted by Crippen LogP contribution is 2.33. The van der Waals surface area contributed by atoms with Crippen LogP contribution in [0.2, 0.25) is 0 Å². The van der Waals surface area contributed by atoms with Crippen molar-refractivity contribution in [3.05, 3.63) is 74.2 Å². The smallest absolute Gasteiger partial charge is 0.293 e. The number of rotatable bonds is 2. The van der Waals surface area contributed by atoms with Crippen LogP contribution in [0.5, 0.6) is 0 Å². The Kier molecular flexibility index (Phi) is 4.37. The fraction of sp³-hybridized carbons (Fsp3) is 0.0588. The van der Waals surface area contributed by atoms with Gasteiger partial charge in [0.2, 0.25) is 0 Å². The Balaban J connectivity index is 2.10. The first-order valence-corrected chi connectivity index (χ1v) is 8.35. The number of aliphatic hydroxyl groups is 1. The Hall–Kier alpha value is -1.92. The molecule has 23 heavy (non-hydrogen) atoms. The maximum atomic E-state index is 12.2. The summed E-state index contributed by atoms with van der Waals surface area (Å²) in [7, 11) is 0. The van der Waals surface area contributed by atoms with Crippen molar-refractivity contribution in [1.29, 1.82) is 0 Å². The molecule has 1 heterocycles. The van der Waals surface area contributed by atoms with Gasteiger partial charge >= 0.3 is 0 Å². The molecular formula is C17H11Br2NO3. The van der Waals surface area contributed by atoms with Crippen molar-refractivity contribution in [2.75, 3.05) is 0 Å². The van der Waals surface area contributed by atoms with E-state index >= 15 is 0 Å². The summed E-state index contributed by atoms with van der Waals surface area (Å²) in [6.45, 7) is 0. The standard InChI is InChI=1S/C17H11Br2NO3/c18-11-5-1-9(2-6-11)14-13(16(22)17(23)20-14)15(21)10-3-7-12(19)8-4-10/h1-8,14,21H,(H,20,23)/b15-13+. The predicted octanol–water partition coefficient (Wildman–Crippen LogP) is 3.92. The molecule has 1 aliphatic rings. The van der Waals surface area contributed by atoms with E-state index in [1.165, 1.54) is 0 Å². The van der Waals surface area contributed by atoms with E-state index < -0.39 is 17.7 Å². The lowest BCUT2D eigenvalue weighted by molar-refractivity contribution is -0.133. The lowest BCUT2D eigenvalue weighted by atomic mass is 9.96. The summed E-state index contributed by atoms with van der Waals surface area (Å²) in [5, 5.41) is 13.1. The minimum absolute atomic E-state index is 0.0691. The molecule has 3 rings (SSSR count). The van der Waals surface area contributed by atoms with Gasteiger partial charge in [-0.25, -0.2) is 0 Å². The molecule has 2 aromatic carbocycles. The van der Waals surface area contributed by atoms with Crippen LogP contribution in [0.25, 0.3) is 5.76 Å². The number of halogens is 2. The fourth-order valence-electron chi connectivity index (χ4n) is 2.43. The molecule has 4 nitrogen and oxygen atoms in total. The minimum Gasteiger partial charge on any atom is -0.507 e. The number of amides is 1. The predicted molar refractivity (Wildman–Crippen MR) is 93.7 cm³/mol. The molecule has 1 unspecified atom stereocenters. The molecule has 2 N–H and O–H groups in total. The van der Waals surface area contributed by atoms with E-state index in [0.717, 1.165) is 14.5 Å². The second kappa shape index (κ2) is 6.29. The van der Waals surface area contributed by atoms with E-state index in [1.54, 1.807) is 36.4 Å². The van der Waals surface area contributed by atoms with Crippen LogP contribution in [0.3, 0.4) is 0 Å². The Morgan fingerprint density at radius 2 is 1.43 bits per heavy atom. The fourth-order valence-corrected chi connectivity index (χ4v) is 2.96. The average molecular weight is 437 g/mol. The zero-order valence-electron chi connectivity index (χ0n) is 11.7. The maximum Gasteiger partial charge on any atom is 0.293 e. The monoisotopic (exact) mass is 435 g/mol. The second-order valence-electron chi connectivity index (χ2n) is 5.06. The van der Waals surface area contributed by atoms with Gasteiger partial charge < -0.3 is 10.4 Å². The number of aliphatic hydroxyl groups excluding tert-OH is 1. The summed E-state index contributed by atoms with van der Waals surface area (Å²) >= 11 is 6.66. The van der Waals surface area contributed by atoms with Crippen LogP contribution in [0.1, 0.15) is 17.2 Å². The number of carbonyl (C=O) groups excluding carboxylic acids is 2. The summed E-state index contributed by atoms with van der Waals surface area (Å²) in [6, 6.07) is 13.4. The number of Topliss-reactive ketones (excluding diaryl/α,β-unsaturated/α-hetero) is 1. The molecule has 1 atom stereocenters. The second-order valence-corrected chi connectivity index (χ2v) is 6.89. The minimum atomic E-state index is -0.711. The van der Waals surface area contributed by atoms with Crippen molar-refractivity contribution in [3.63, 3.8) is 0 Å². The van der Waals surface area contributed by atoms with Gasteiger partial charge in [-0.05, 0) is 29.8 Å². The van der Waals surface area contributed by atoms with Gasteiger partial charge in [-0.2, -0.15) is 0 Å². The first-order valence-electron chi connectivity index (χ1n) is 6.77. The van der Waals surface area contributed by atoms with Gasteiger partial charge in [-0.15, -0.1) is 0 Å². The van der Waals surface area contributed by atoms with Crippen molar-refractivity contribution < 1.29 is 14.7 Å². The molecule has 1 aliphatic heterocycles. The van der Waals surface area contributed by atoms with E-state index in [9.17, 15) is 14.7 Å². The van der Waals surface area contributed by atoms with Gasteiger partial charge in [-0.1, -0.05) is 56.1 Å². The molecule has 1 fully saturated rings. The topological polar surface area (TPSA) is 66.4 Å². The zero-order valence-corrected chi connectivity index (χ0v) is 14.9. The van der Waals surface area contributed by atoms with Gasteiger partial charge in [-0.3, -0.25) is 9.59 Å². The van der Waals surface area contributed by atoms with Crippen LogP contribution in [-0.4, -0.2) is 16.8 Å². The Labute approximate surface area is 149 Å². The van der Waals surface area contributed by atoms with Gasteiger partial charge in [0.05, 0.1) is 11.6 Å². The summed E-state index contributed by atoms with van der Waals surface area (Å²) in [4.78, 5) is 24.0. The first kappa shape index (κ1) is 16.0. The van der Waals surface area contributed by atoms with Crippen LogP contribution in [-0.2, 0) is 9.59 Å². The third kappa shape index (κ3) is 3.09. The van der Waals surface area contributed by atoms with E-state index in [-0.39, 0.29) is 11.3 Å². The first-order chi connectivity index (χ1) is 11.0. The molecule has 0 spiro atoms. The van der Waals surface area contributed by atoms with Crippen LogP contribution < -0.4 is 5.32 Å². The SMILES string of the molecule is O=C1NC(c2ccc(Br)cc2)/C(=C(\O)c2ccc(Br)cc2)C1=O. The van der Waals surface area contributed by atoms with Crippen molar-refractivity contribution in [2.45, 2.75) is 6.04 Å².